The molecular weight excluding hydrogens is 264 g/mol. The number of likely N-dealkylation sites (tertiary alicyclic amines) is 1. The van der Waals surface area contributed by atoms with E-state index in [0.29, 0.717) is 28.8 Å². The van der Waals surface area contributed by atoms with E-state index < -0.39 is 0 Å². The van der Waals surface area contributed by atoms with Gasteiger partial charge in [0.2, 0.25) is 0 Å². The minimum absolute atomic E-state index is 0.0409. The van der Waals surface area contributed by atoms with Crippen molar-refractivity contribution < 1.29 is 9.53 Å². The van der Waals surface area contributed by atoms with Crippen LogP contribution in [-0.2, 0) is 4.74 Å². The molecule has 1 heterocycles. The monoisotopic (exact) mass is 282 g/mol. The third-order valence-corrected chi connectivity index (χ3v) is 3.69. The van der Waals surface area contributed by atoms with Gasteiger partial charge in [-0.15, -0.1) is 0 Å². The zero-order valence-electron chi connectivity index (χ0n) is 11.1. The lowest BCUT2D eigenvalue weighted by atomic mass is 9.98. The number of hydrogen-bond donors (Lipinski definition) is 1. The molecule has 2 rings (SSSR count). The first-order chi connectivity index (χ1) is 9.11. The fourth-order valence-corrected chi connectivity index (χ4v) is 2.68. The molecule has 1 fully saturated rings. The van der Waals surface area contributed by atoms with E-state index in [9.17, 15) is 4.79 Å². The molecule has 0 aliphatic carbocycles. The van der Waals surface area contributed by atoms with Crippen molar-refractivity contribution in [2.24, 2.45) is 5.92 Å². The molecule has 1 atom stereocenters. The van der Waals surface area contributed by atoms with Gasteiger partial charge in [0.1, 0.15) is 0 Å². The summed E-state index contributed by atoms with van der Waals surface area (Å²) in [5.41, 5.74) is 6.83. The molecule has 104 valence electrons. The highest BCUT2D eigenvalue weighted by Gasteiger charge is 2.25. The smallest absolute Gasteiger partial charge is 0.256 e. The topological polar surface area (TPSA) is 55.6 Å². The number of nitrogen functional groups attached to an aromatic ring is 1. The van der Waals surface area contributed by atoms with Gasteiger partial charge in [0, 0.05) is 30.9 Å². The molecule has 19 heavy (non-hydrogen) atoms. The molecule has 1 amide bonds. The van der Waals surface area contributed by atoms with Crippen molar-refractivity contribution in [2.75, 3.05) is 32.5 Å². The van der Waals surface area contributed by atoms with Gasteiger partial charge < -0.3 is 15.4 Å². The Balaban J connectivity index is 2.12. The van der Waals surface area contributed by atoms with E-state index in [2.05, 4.69) is 0 Å². The molecule has 1 aliphatic heterocycles. The molecule has 1 unspecified atom stereocenters. The van der Waals surface area contributed by atoms with E-state index in [1.54, 1.807) is 25.3 Å². The Morgan fingerprint density at radius 2 is 2.37 bits per heavy atom. The van der Waals surface area contributed by atoms with Crippen molar-refractivity contribution in [3.05, 3.63) is 28.8 Å². The van der Waals surface area contributed by atoms with Crippen molar-refractivity contribution in [1.29, 1.82) is 0 Å². The molecule has 1 saturated heterocycles. The average molecular weight is 283 g/mol. The number of anilines is 1. The summed E-state index contributed by atoms with van der Waals surface area (Å²) in [6.07, 6.45) is 2.10. The van der Waals surface area contributed by atoms with Gasteiger partial charge in [0.05, 0.1) is 12.2 Å². The van der Waals surface area contributed by atoms with Crippen LogP contribution in [-0.4, -0.2) is 37.6 Å². The van der Waals surface area contributed by atoms with Crippen molar-refractivity contribution in [1.82, 2.24) is 4.90 Å². The third-order valence-electron chi connectivity index (χ3n) is 3.45. The van der Waals surface area contributed by atoms with E-state index in [4.69, 9.17) is 22.1 Å². The number of carbonyl (C=O) groups is 1. The molecule has 2 N–H and O–H groups in total. The van der Waals surface area contributed by atoms with E-state index in [-0.39, 0.29) is 5.91 Å². The van der Waals surface area contributed by atoms with Crippen LogP contribution in [0.5, 0.6) is 0 Å². The normalized spacial score (nSPS) is 19.5. The fraction of sp³-hybridized carbons (Fsp3) is 0.500. The minimum Gasteiger partial charge on any atom is -0.398 e. The van der Waals surface area contributed by atoms with Gasteiger partial charge in [-0.1, -0.05) is 11.6 Å². The lowest BCUT2D eigenvalue weighted by Gasteiger charge is -2.32. The number of nitrogens with zero attached hydrogens (tertiary/aromatic N) is 1. The molecule has 1 aromatic rings. The van der Waals surface area contributed by atoms with Gasteiger partial charge >= 0.3 is 0 Å². The summed E-state index contributed by atoms with van der Waals surface area (Å²) in [5, 5.41) is 0.531. The van der Waals surface area contributed by atoms with E-state index in [0.717, 1.165) is 25.9 Å². The van der Waals surface area contributed by atoms with Gasteiger partial charge in [0.25, 0.3) is 5.91 Å². The molecule has 0 bridgehead atoms. The molecule has 5 heteroatoms. The van der Waals surface area contributed by atoms with E-state index in [1.807, 2.05) is 4.90 Å². The van der Waals surface area contributed by atoms with Gasteiger partial charge in [-0.05, 0) is 37.0 Å². The largest absolute Gasteiger partial charge is 0.398 e. The molecule has 0 saturated carbocycles. The number of methoxy groups -OCH3 is 1. The van der Waals surface area contributed by atoms with Crippen LogP contribution in [0.4, 0.5) is 5.69 Å². The van der Waals surface area contributed by atoms with Gasteiger partial charge in [-0.2, -0.15) is 0 Å². The summed E-state index contributed by atoms with van der Waals surface area (Å²) >= 11 is 5.93. The average Bonchev–Trinajstić information content (AvgIpc) is 2.41. The Morgan fingerprint density at radius 1 is 1.58 bits per heavy atom. The van der Waals surface area contributed by atoms with Crippen LogP contribution in [0.2, 0.25) is 5.02 Å². The number of piperidine rings is 1. The van der Waals surface area contributed by atoms with Crippen LogP contribution in [0, 0.1) is 5.92 Å². The fourth-order valence-electron chi connectivity index (χ4n) is 2.51. The first kappa shape index (κ1) is 14.2. The number of ether oxygens (including phenoxy) is 1. The molecule has 0 radical (unpaired) electrons. The van der Waals surface area contributed by atoms with Crippen LogP contribution < -0.4 is 5.73 Å². The van der Waals surface area contributed by atoms with Crippen molar-refractivity contribution >= 4 is 23.2 Å². The maximum absolute atomic E-state index is 12.5. The molecular formula is C14H19ClN2O2. The van der Waals surface area contributed by atoms with E-state index >= 15 is 0 Å². The number of rotatable bonds is 3. The van der Waals surface area contributed by atoms with Gasteiger partial charge in [0.15, 0.2) is 0 Å². The van der Waals surface area contributed by atoms with Gasteiger partial charge in [-0.3, -0.25) is 4.79 Å². The van der Waals surface area contributed by atoms with E-state index in [1.165, 1.54) is 0 Å². The van der Waals surface area contributed by atoms with Crippen molar-refractivity contribution in [3.8, 4) is 0 Å². The number of nitrogens with two attached hydrogens (primary N) is 1. The Kier molecular flexibility index (Phi) is 4.66. The van der Waals surface area contributed by atoms with Crippen LogP contribution in [0.25, 0.3) is 0 Å². The lowest BCUT2D eigenvalue weighted by Crippen LogP contribution is -2.41. The molecule has 0 spiro atoms. The first-order valence-electron chi connectivity index (χ1n) is 6.45. The Morgan fingerprint density at radius 3 is 3.11 bits per heavy atom. The van der Waals surface area contributed by atoms with Crippen LogP contribution in [0.15, 0.2) is 18.2 Å². The molecule has 4 nitrogen and oxygen atoms in total. The molecule has 1 aliphatic rings. The second kappa shape index (κ2) is 6.26. The number of amides is 1. The Bertz CT molecular complexity index is 463. The standard InChI is InChI=1S/C14H19ClN2O2/c1-19-9-10-3-2-6-17(8-10)14(18)12-7-11(15)4-5-13(12)16/h4-5,7,10H,2-3,6,8-9,16H2,1H3. The van der Waals surface area contributed by atoms with Gasteiger partial charge in [-0.25, -0.2) is 0 Å². The minimum atomic E-state index is -0.0409. The lowest BCUT2D eigenvalue weighted by molar-refractivity contribution is 0.0572. The van der Waals surface area contributed by atoms with Crippen molar-refractivity contribution in [3.63, 3.8) is 0 Å². The quantitative estimate of drug-likeness (QED) is 0.866. The molecule has 0 aromatic heterocycles. The summed E-state index contributed by atoms with van der Waals surface area (Å²) in [6.45, 7) is 2.18. The number of hydrogen-bond acceptors (Lipinski definition) is 3. The Labute approximate surface area is 118 Å². The van der Waals surface area contributed by atoms with Crippen molar-refractivity contribution in [2.45, 2.75) is 12.8 Å². The number of benzene rings is 1. The summed E-state index contributed by atoms with van der Waals surface area (Å²) < 4.78 is 5.17. The number of halogens is 1. The molecule has 1 aromatic carbocycles. The Hall–Kier alpha value is -1.26. The summed E-state index contributed by atoms with van der Waals surface area (Å²) in [4.78, 5) is 14.3. The zero-order chi connectivity index (χ0) is 13.8. The van der Waals surface area contributed by atoms with Crippen LogP contribution in [0.1, 0.15) is 23.2 Å². The van der Waals surface area contributed by atoms with Crippen LogP contribution in [0.3, 0.4) is 0 Å². The second-order valence-corrected chi connectivity index (χ2v) is 5.38. The predicted octanol–water partition coefficient (Wildman–Crippen LogP) is 2.42. The maximum atomic E-state index is 12.5. The first-order valence-corrected chi connectivity index (χ1v) is 6.83. The number of carbonyl (C=O) groups excluding carboxylic acids is 1. The maximum Gasteiger partial charge on any atom is 0.256 e. The summed E-state index contributed by atoms with van der Waals surface area (Å²) in [7, 11) is 1.69. The zero-order valence-corrected chi connectivity index (χ0v) is 11.8. The highest BCUT2D eigenvalue weighted by molar-refractivity contribution is 6.31. The highest BCUT2D eigenvalue weighted by atomic mass is 35.5. The summed E-state index contributed by atoms with van der Waals surface area (Å²) in [6, 6.07) is 5.00. The highest BCUT2D eigenvalue weighted by Crippen LogP contribution is 2.23. The third kappa shape index (κ3) is 3.39. The predicted molar refractivity (Wildman–Crippen MR) is 76.4 cm³/mol. The SMILES string of the molecule is COCC1CCCN(C(=O)c2cc(Cl)ccc2N)C1. The second-order valence-electron chi connectivity index (χ2n) is 4.95. The summed E-state index contributed by atoms with van der Waals surface area (Å²) in [5.74, 6) is 0.365. The van der Waals surface area contributed by atoms with Crippen LogP contribution >= 0.6 is 11.6 Å².